The quantitative estimate of drug-likeness (QED) is 0.624. The first-order valence-electron chi connectivity index (χ1n) is 5.14. The van der Waals surface area contributed by atoms with Gasteiger partial charge in [0, 0.05) is 5.25 Å². The Bertz CT molecular complexity index is 317. The summed E-state index contributed by atoms with van der Waals surface area (Å²) in [7, 11) is 0. The predicted molar refractivity (Wildman–Crippen MR) is 56.5 cm³/mol. The normalized spacial score (nSPS) is 34.1. The van der Waals surface area contributed by atoms with E-state index in [4.69, 9.17) is 0 Å². The summed E-state index contributed by atoms with van der Waals surface area (Å²) >= 11 is -1.89. The van der Waals surface area contributed by atoms with E-state index in [1.165, 1.54) is 11.1 Å². The fourth-order valence-electron chi connectivity index (χ4n) is 2.31. The van der Waals surface area contributed by atoms with E-state index in [1.807, 2.05) is 0 Å². The van der Waals surface area contributed by atoms with Crippen molar-refractivity contribution in [1.82, 2.24) is 0 Å². The SMILES string of the molecule is CC1C=CC2=C(CCC(S(=O)[O-])C2)C1. The van der Waals surface area contributed by atoms with Gasteiger partial charge in [-0.3, -0.25) is 4.21 Å². The third-order valence-electron chi connectivity index (χ3n) is 3.14. The van der Waals surface area contributed by atoms with Crippen LogP contribution in [0.4, 0.5) is 0 Å². The lowest BCUT2D eigenvalue weighted by Crippen LogP contribution is -2.21. The first-order valence-corrected chi connectivity index (χ1v) is 6.28. The molecule has 0 saturated heterocycles. The summed E-state index contributed by atoms with van der Waals surface area (Å²) in [5.74, 6) is 0.628. The smallest absolute Gasteiger partial charge is 0.0259 e. The maximum Gasteiger partial charge on any atom is 0.0259 e. The van der Waals surface area contributed by atoms with Crippen molar-refractivity contribution in [2.24, 2.45) is 5.92 Å². The van der Waals surface area contributed by atoms with E-state index in [1.54, 1.807) is 0 Å². The van der Waals surface area contributed by atoms with E-state index in [9.17, 15) is 8.76 Å². The van der Waals surface area contributed by atoms with Crippen molar-refractivity contribution in [2.75, 3.05) is 0 Å². The van der Waals surface area contributed by atoms with Crippen molar-refractivity contribution in [3.8, 4) is 0 Å². The molecule has 2 aliphatic carbocycles. The molecule has 2 rings (SSSR count). The van der Waals surface area contributed by atoms with Crippen LogP contribution < -0.4 is 0 Å². The Morgan fingerprint density at radius 1 is 1.50 bits per heavy atom. The molecule has 0 bridgehead atoms. The van der Waals surface area contributed by atoms with Crippen LogP contribution in [0.3, 0.4) is 0 Å². The standard InChI is InChI=1S/C11H16O2S/c1-8-2-3-10-7-11(14(12)13)5-4-9(10)6-8/h2-3,8,11H,4-7H2,1H3,(H,12,13)/p-1. The van der Waals surface area contributed by atoms with Gasteiger partial charge < -0.3 is 4.55 Å². The minimum Gasteiger partial charge on any atom is -0.772 e. The molecule has 0 fully saturated rings. The maximum absolute atomic E-state index is 10.8. The minimum atomic E-state index is -1.89. The molecule has 0 spiro atoms. The van der Waals surface area contributed by atoms with Crippen molar-refractivity contribution < 1.29 is 8.76 Å². The number of hydrogen-bond acceptors (Lipinski definition) is 2. The Morgan fingerprint density at radius 2 is 2.29 bits per heavy atom. The summed E-state index contributed by atoms with van der Waals surface area (Å²) < 4.78 is 21.7. The van der Waals surface area contributed by atoms with Crippen LogP contribution in [0.25, 0.3) is 0 Å². The predicted octanol–water partition coefficient (Wildman–Crippen LogP) is 2.31. The molecular formula is C11H15O2S-. The summed E-state index contributed by atoms with van der Waals surface area (Å²) in [6.45, 7) is 2.21. The van der Waals surface area contributed by atoms with Crippen LogP contribution in [0.2, 0.25) is 0 Å². The molecule has 0 aromatic rings. The Hall–Kier alpha value is -0.410. The highest BCUT2D eigenvalue weighted by atomic mass is 32.2. The molecule has 2 nitrogen and oxygen atoms in total. The molecule has 0 aromatic heterocycles. The highest BCUT2D eigenvalue weighted by molar-refractivity contribution is 7.79. The summed E-state index contributed by atoms with van der Waals surface area (Å²) in [6.07, 6.45) is 7.97. The lowest BCUT2D eigenvalue weighted by atomic mass is 9.82. The number of rotatable bonds is 1. The van der Waals surface area contributed by atoms with Crippen LogP contribution >= 0.6 is 0 Å². The molecule has 3 unspecified atom stereocenters. The van der Waals surface area contributed by atoms with Crippen molar-refractivity contribution in [3.63, 3.8) is 0 Å². The molecule has 0 radical (unpaired) electrons. The van der Waals surface area contributed by atoms with Gasteiger partial charge in [0.15, 0.2) is 0 Å². The van der Waals surface area contributed by atoms with E-state index in [0.717, 1.165) is 25.7 Å². The molecular weight excluding hydrogens is 196 g/mol. The summed E-state index contributed by atoms with van der Waals surface area (Å²) in [5, 5.41) is -0.146. The second-order valence-corrected chi connectivity index (χ2v) is 5.48. The average Bonchev–Trinajstić information content (AvgIpc) is 2.16. The molecule has 0 aromatic carbocycles. The second-order valence-electron chi connectivity index (χ2n) is 4.29. The first kappa shape index (κ1) is 10.1. The van der Waals surface area contributed by atoms with Gasteiger partial charge >= 0.3 is 0 Å². The van der Waals surface area contributed by atoms with Gasteiger partial charge in [-0.05, 0) is 37.2 Å². The zero-order valence-corrected chi connectivity index (χ0v) is 9.18. The maximum atomic E-state index is 10.8. The van der Waals surface area contributed by atoms with E-state index in [2.05, 4.69) is 19.1 Å². The summed E-state index contributed by atoms with van der Waals surface area (Å²) in [5.41, 5.74) is 2.77. The van der Waals surface area contributed by atoms with Crippen molar-refractivity contribution in [1.29, 1.82) is 0 Å². The molecule has 0 N–H and O–H groups in total. The van der Waals surface area contributed by atoms with Crippen molar-refractivity contribution in [2.45, 2.75) is 37.9 Å². The van der Waals surface area contributed by atoms with Crippen LogP contribution in [0, 0.1) is 5.92 Å². The van der Waals surface area contributed by atoms with Gasteiger partial charge in [-0.25, -0.2) is 0 Å². The monoisotopic (exact) mass is 211 g/mol. The molecule has 0 saturated carbocycles. The van der Waals surface area contributed by atoms with Crippen LogP contribution in [0.5, 0.6) is 0 Å². The number of hydrogen-bond donors (Lipinski definition) is 0. The molecule has 0 amide bonds. The topological polar surface area (TPSA) is 40.1 Å². The molecule has 14 heavy (non-hydrogen) atoms. The zero-order chi connectivity index (χ0) is 10.1. The van der Waals surface area contributed by atoms with Crippen LogP contribution in [0.1, 0.15) is 32.6 Å². The van der Waals surface area contributed by atoms with Gasteiger partial charge in [-0.1, -0.05) is 35.7 Å². The van der Waals surface area contributed by atoms with Crippen molar-refractivity contribution >= 4 is 11.1 Å². The van der Waals surface area contributed by atoms with Gasteiger partial charge in [-0.15, -0.1) is 0 Å². The van der Waals surface area contributed by atoms with Gasteiger partial charge in [0.2, 0.25) is 0 Å². The van der Waals surface area contributed by atoms with E-state index >= 15 is 0 Å². The highest BCUT2D eigenvalue weighted by Crippen LogP contribution is 2.35. The van der Waals surface area contributed by atoms with Gasteiger partial charge in [0.05, 0.1) is 0 Å². The Balaban J connectivity index is 2.13. The number of allylic oxidation sites excluding steroid dienone is 4. The van der Waals surface area contributed by atoms with Crippen LogP contribution in [-0.2, 0) is 11.1 Å². The van der Waals surface area contributed by atoms with E-state index in [-0.39, 0.29) is 5.25 Å². The molecule has 78 valence electrons. The highest BCUT2D eigenvalue weighted by Gasteiger charge is 2.22. The Morgan fingerprint density at radius 3 is 3.00 bits per heavy atom. The molecule has 2 aliphatic rings. The molecule has 3 atom stereocenters. The zero-order valence-electron chi connectivity index (χ0n) is 8.36. The van der Waals surface area contributed by atoms with Crippen LogP contribution in [0.15, 0.2) is 23.3 Å². The summed E-state index contributed by atoms with van der Waals surface area (Å²) in [6, 6.07) is 0. The molecule has 0 aliphatic heterocycles. The lowest BCUT2D eigenvalue weighted by Gasteiger charge is -2.30. The van der Waals surface area contributed by atoms with Crippen molar-refractivity contribution in [3.05, 3.63) is 23.3 Å². The Kier molecular flexibility index (Phi) is 2.88. The first-order chi connectivity index (χ1) is 6.66. The third kappa shape index (κ3) is 1.98. The third-order valence-corrected chi connectivity index (χ3v) is 4.08. The minimum absolute atomic E-state index is 0.146. The Labute approximate surface area is 87.4 Å². The fourth-order valence-corrected chi connectivity index (χ4v) is 2.93. The molecule has 3 heteroatoms. The molecule has 0 heterocycles. The second kappa shape index (κ2) is 3.99. The largest absolute Gasteiger partial charge is 0.772 e. The van der Waals surface area contributed by atoms with Crippen LogP contribution in [-0.4, -0.2) is 14.0 Å². The average molecular weight is 211 g/mol. The fraction of sp³-hybridized carbons (Fsp3) is 0.636. The van der Waals surface area contributed by atoms with Gasteiger partial charge in [-0.2, -0.15) is 0 Å². The van der Waals surface area contributed by atoms with Gasteiger partial charge in [0.25, 0.3) is 0 Å². The van der Waals surface area contributed by atoms with Gasteiger partial charge in [0.1, 0.15) is 0 Å². The lowest BCUT2D eigenvalue weighted by molar-refractivity contribution is 0.504. The summed E-state index contributed by atoms with van der Waals surface area (Å²) in [4.78, 5) is 0. The van der Waals surface area contributed by atoms with E-state index in [0.29, 0.717) is 5.92 Å². The van der Waals surface area contributed by atoms with E-state index < -0.39 is 11.1 Å².